The van der Waals surface area contributed by atoms with Gasteiger partial charge in [0.05, 0.1) is 19.5 Å². The van der Waals surface area contributed by atoms with Crippen LogP contribution in [0.15, 0.2) is 25.6 Å². The lowest BCUT2D eigenvalue weighted by Gasteiger charge is -2.05. The van der Waals surface area contributed by atoms with Crippen LogP contribution in [0.2, 0.25) is 0 Å². The second kappa shape index (κ2) is 13.4. The maximum atomic E-state index is 10.7. The molecule has 1 amide bonds. The maximum absolute atomic E-state index is 10.7. The zero-order chi connectivity index (χ0) is 14.4. The van der Waals surface area contributed by atoms with Crippen LogP contribution in [0.3, 0.4) is 0 Å². The lowest BCUT2D eigenvalue weighted by Crippen LogP contribution is -2.16. The van der Waals surface area contributed by atoms with E-state index in [0.29, 0.717) is 6.42 Å². The fraction of sp³-hybridized carbons (Fsp3) is 0.500. The van der Waals surface area contributed by atoms with Gasteiger partial charge in [-0.25, -0.2) is 0 Å². The summed E-state index contributed by atoms with van der Waals surface area (Å²) < 4.78 is 4.17. The number of esters is 1. The number of likely N-dealkylation sites (tertiary alicyclic amines) is 1. The largest absolute Gasteiger partial charge is 0.435 e. The Morgan fingerprint density at radius 1 is 1.44 bits per heavy atom. The Labute approximate surface area is 107 Å². The fourth-order valence-corrected chi connectivity index (χ4v) is 0.979. The van der Waals surface area contributed by atoms with Gasteiger partial charge in [-0.05, 0) is 12.6 Å². The van der Waals surface area contributed by atoms with Crippen LogP contribution in [0, 0.1) is 0 Å². The molecular weight excluding hydrogens is 238 g/mol. The minimum absolute atomic E-state index is 0.125. The smallest absolute Gasteiger partial charge is 0.307 e. The van der Waals surface area contributed by atoms with Crippen LogP contribution in [-0.4, -0.2) is 46.7 Å². The number of nitrogens with zero attached hydrogens (tertiary/aromatic N) is 1. The molecule has 1 aliphatic heterocycles. The van der Waals surface area contributed by atoms with Gasteiger partial charge in [-0.2, -0.15) is 0 Å². The van der Waals surface area contributed by atoms with E-state index < -0.39 is 0 Å². The molecule has 6 nitrogen and oxygen atoms in total. The summed E-state index contributed by atoms with van der Waals surface area (Å²) in [7, 11) is 0. The van der Waals surface area contributed by atoms with E-state index in [1.165, 1.54) is 6.92 Å². The standard InChI is InChI=1S/C6H9NO.C4H6O2.C2H6O2/c1-2-7-5-3-4-6(7)8;1-3-6-4(2)5;3-1-2-4/h2H,1,3-5H2;3H,1H2,2H3;3-4H,1-2H2. The molecule has 1 rings (SSSR count). The number of carbonyl (C=O) groups excluding carboxylic acids is 2. The van der Waals surface area contributed by atoms with Crippen LogP contribution < -0.4 is 0 Å². The number of aliphatic hydroxyl groups is 2. The molecule has 0 aliphatic carbocycles. The highest BCUT2D eigenvalue weighted by atomic mass is 16.5. The summed E-state index contributed by atoms with van der Waals surface area (Å²) >= 11 is 0. The molecule has 0 aromatic heterocycles. The van der Waals surface area contributed by atoms with Gasteiger partial charge in [-0.15, -0.1) is 0 Å². The first kappa shape index (κ1) is 18.7. The van der Waals surface area contributed by atoms with Crippen LogP contribution >= 0.6 is 0 Å². The Kier molecular flexibility index (Phi) is 13.9. The SMILES string of the molecule is C=CN1CCCC1=O.C=COC(C)=O.OCCO. The van der Waals surface area contributed by atoms with Gasteiger partial charge in [0.1, 0.15) is 0 Å². The van der Waals surface area contributed by atoms with Crippen molar-refractivity contribution in [1.29, 1.82) is 0 Å². The third kappa shape index (κ3) is 12.4. The van der Waals surface area contributed by atoms with E-state index in [1.54, 1.807) is 11.1 Å². The van der Waals surface area contributed by atoms with Crippen LogP contribution in [0.1, 0.15) is 19.8 Å². The summed E-state index contributed by atoms with van der Waals surface area (Å²) in [4.78, 5) is 22.1. The van der Waals surface area contributed by atoms with Crippen LogP contribution in [-0.2, 0) is 14.3 Å². The summed E-state index contributed by atoms with van der Waals surface area (Å²) in [6.45, 7) is 8.59. The lowest BCUT2D eigenvalue weighted by molar-refractivity contribution is -0.135. The number of hydrogen-bond acceptors (Lipinski definition) is 5. The van der Waals surface area contributed by atoms with Crippen molar-refractivity contribution in [1.82, 2.24) is 4.90 Å². The average Bonchev–Trinajstić information content (AvgIpc) is 2.75. The number of hydrogen-bond donors (Lipinski definition) is 2. The highest BCUT2D eigenvalue weighted by molar-refractivity contribution is 5.78. The average molecular weight is 259 g/mol. The molecule has 0 unspecified atom stereocenters. The molecule has 0 bridgehead atoms. The minimum Gasteiger partial charge on any atom is -0.435 e. The van der Waals surface area contributed by atoms with Gasteiger partial charge in [0, 0.05) is 19.9 Å². The van der Waals surface area contributed by atoms with E-state index in [0.717, 1.165) is 19.2 Å². The van der Waals surface area contributed by atoms with E-state index in [1.807, 2.05) is 0 Å². The molecule has 1 aliphatic rings. The van der Waals surface area contributed by atoms with Crippen molar-refractivity contribution in [3.05, 3.63) is 25.6 Å². The summed E-state index contributed by atoms with van der Waals surface area (Å²) in [6.07, 6.45) is 4.38. The van der Waals surface area contributed by atoms with Crippen molar-refractivity contribution in [2.24, 2.45) is 0 Å². The second-order valence-electron chi connectivity index (χ2n) is 3.10. The first-order valence-electron chi connectivity index (χ1n) is 5.45. The molecule has 0 aromatic carbocycles. The summed E-state index contributed by atoms with van der Waals surface area (Å²) in [6, 6.07) is 0. The zero-order valence-corrected chi connectivity index (χ0v) is 10.7. The zero-order valence-electron chi connectivity index (χ0n) is 10.7. The van der Waals surface area contributed by atoms with E-state index in [2.05, 4.69) is 17.9 Å². The van der Waals surface area contributed by atoms with Gasteiger partial charge in [0.25, 0.3) is 0 Å². The lowest BCUT2D eigenvalue weighted by atomic mass is 10.4. The molecule has 1 saturated heterocycles. The second-order valence-corrected chi connectivity index (χ2v) is 3.10. The molecule has 104 valence electrons. The Morgan fingerprint density at radius 3 is 2.11 bits per heavy atom. The highest BCUT2D eigenvalue weighted by Crippen LogP contribution is 2.08. The normalized spacial score (nSPS) is 12.6. The first-order chi connectivity index (χ1) is 8.53. The van der Waals surface area contributed by atoms with E-state index in [4.69, 9.17) is 10.2 Å². The molecule has 1 heterocycles. The van der Waals surface area contributed by atoms with Gasteiger partial charge in [-0.3, -0.25) is 9.59 Å². The van der Waals surface area contributed by atoms with Gasteiger partial charge in [-0.1, -0.05) is 13.2 Å². The summed E-state index contributed by atoms with van der Waals surface area (Å²) in [5, 5.41) is 15.2. The number of ether oxygens (including phenoxy) is 1. The number of amides is 1. The predicted octanol–water partition coefficient (Wildman–Crippen LogP) is 0.416. The fourth-order valence-electron chi connectivity index (χ4n) is 0.979. The molecule has 1 fully saturated rings. The molecule has 18 heavy (non-hydrogen) atoms. The third-order valence-electron chi connectivity index (χ3n) is 1.68. The van der Waals surface area contributed by atoms with E-state index in [-0.39, 0.29) is 25.1 Å². The highest BCUT2D eigenvalue weighted by Gasteiger charge is 2.15. The summed E-state index contributed by atoms with van der Waals surface area (Å²) in [5.74, 6) is -0.120. The van der Waals surface area contributed by atoms with Crippen molar-refractivity contribution >= 4 is 11.9 Å². The molecular formula is C12H21NO5. The number of rotatable bonds is 3. The Morgan fingerprint density at radius 2 is 2.00 bits per heavy atom. The molecule has 0 saturated carbocycles. The molecule has 0 spiro atoms. The monoisotopic (exact) mass is 259 g/mol. The van der Waals surface area contributed by atoms with Crippen molar-refractivity contribution in [3.63, 3.8) is 0 Å². The predicted molar refractivity (Wildman–Crippen MR) is 67.3 cm³/mol. The third-order valence-corrected chi connectivity index (χ3v) is 1.68. The van der Waals surface area contributed by atoms with Gasteiger partial charge in [0.2, 0.25) is 5.91 Å². The van der Waals surface area contributed by atoms with Crippen molar-refractivity contribution in [2.45, 2.75) is 19.8 Å². The van der Waals surface area contributed by atoms with E-state index >= 15 is 0 Å². The molecule has 0 aromatic rings. The van der Waals surface area contributed by atoms with Crippen molar-refractivity contribution in [3.8, 4) is 0 Å². The van der Waals surface area contributed by atoms with Crippen molar-refractivity contribution in [2.75, 3.05) is 19.8 Å². The number of aliphatic hydroxyl groups excluding tert-OH is 2. The molecule has 0 radical (unpaired) electrons. The van der Waals surface area contributed by atoms with Gasteiger partial charge in [0.15, 0.2) is 0 Å². The van der Waals surface area contributed by atoms with Crippen LogP contribution in [0.25, 0.3) is 0 Å². The van der Waals surface area contributed by atoms with Crippen LogP contribution in [0.5, 0.6) is 0 Å². The Hall–Kier alpha value is -1.66. The quantitative estimate of drug-likeness (QED) is 0.566. The first-order valence-corrected chi connectivity index (χ1v) is 5.45. The van der Waals surface area contributed by atoms with E-state index in [9.17, 15) is 9.59 Å². The Bertz CT molecular complexity index is 263. The van der Waals surface area contributed by atoms with Gasteiger partial charge >= 0.3 is 5.97 Å². The van der Waals surface area contributed by atoms with Crippen molar-refractivity contribution < 1.29 is 24.5 Å². The molecule has 2 N–H and O–H groups in total. The maximum Gasteiger partial charge on any atom is 0.307 e. The molecule has 0 atom stereocenters. The summed E-state index contributed by atoms with van der Waals surface area (Å²) in [5.41, 5.74) is 0. The Balaban J connectivity index is 0. The minimum atomic E-state index is -0.329. The topological polar surface area (TPSA) is 87.1 Å². The molecule has 6 heteroatoms. The van der Waals surface area contributed by atoms with Gasteiger partial charge < -0.3 is 19.8 Å². The van der Waals surface area contributed by atoms with Crippen LogP contribution in [0.4, 0.5) is 0 Å². The number of carbonyl (C=O) groups is 2.